The van der Waals surface area contributed by atoms with Crippen LogP contribution in [-0.4, -0.2) is 63.7 Å². The highest BCUT2D eigenvalue weighted by atomic mass is 16.5. The Balaban J connectivity index is 1.58. The monoisotopic (exact) mass is 427 g/mol. The molecule has 4 rings (SSSR count). The lowest BCUT2D eigenvalue weighted by Gasteiger charge is -2.43. The molecular formula is C23H29N3O5. The topological polar surface area (TPSA) is 110 Å². The van der Waals surface area contributed by atoms with Crippen LogP contribution in [0.5, 0.6) is 0 Å². The molecular weight excluding hydrogens is 398 g/mol. The van der Waals surface area contributed by atoms with E-state index in [0.717, 1.165) is 22.5 Å². The second-order valence-corrected chi connectivity index (χ2v) is 9.37. The molecule has 3 N–H and O–H groups in total. The maximum absolute atomic E-state index is 13.5. The predicted octanol–water partition coefficient (Wildman–Crippen LogP) is 2.45. The lowest BCUT2D eigenvalue weighted by molar-refractivity contribution is -0.149. The van der Waals surface area contributed by atoms with Gasteiger partial charge >= 0.3 is 6.09 Å². The molecule has 4 atom stereocenters. The summed E-state index contributed by atoms with van der Waals surface area (Å²) in [5.41, 5.74) is 3.37. The van der Waals surface area contributed by atoms with Crippen molar-refractivity contribution in [3.05, 3.63) is 42.0 Å². The minimum absolute atomic E-state index is 0.240. The van der Waals surface area contributed by atoms with E-state index in [-0.39, 0.29) is 12.0 Å². The summed E-state index contributed by atoms with van der Waals surface area (Å²) in [6.45, 7) is 5.14. The summed E-state index contributed by atoms with van der Waals surface area (Å²) in [7, 11) is 0. The third-order valence-corrected chi connectivity index (χ3v) is 7.21. The number of hydroxylamine groups is 1. The van der Waals surface area contributed by atoms with E-state index in [1.165, 1.54) is 0 Å². The van der Waals surface area contributed by atoms with Crippen molar-refractivity contribution in [1.29, 1.82) is 0 Å². The number of amides is 3. The van der Waals surface area contributed by atoms with Gasteiger partial charge in [0.25, 0.3) is 0 Å². The Bertz CT molecular complexity index is 915. The van der Waals surface area contributed by atoms with E-state index in [1.807, 2.05) is 36.4 Å². The molecule has 2 heterocycles. The molecule has 2 aliphatic heterocycles. The van der Waals surface area contributed by atoms with E-state index >= 15 is 0 Å². The van der Waals surface area contributed by atoms with Gasteiger partial charge in [-0.15, -0.1) is 0 Å². The van der Waals surface area contributed by atoms with Gasteiger partial charge in [0, 0.05) is 19.6 Å². The number of nitrogens with zero attached hydrogens (tertiary/aromatic N) is 2. The molecule has 1 saturated heterocycles. The molecule has 1 aromatic carbocycles. The lowest BCUT2D eigenvalue weighted by Crippen LogP contribution is -2.61. The zero-order valence-electron chi connectivity index (χ0n) is 17.8. The first-order chi connectivity index (χ1) is 14.8. The van der Waals surface area contributed by atoms with Crippen LogP contribution in [0.2, 0.25) is 0 Å². The average Bonchev–Trinajstić information content (AvgIpc) is 3.23. The van der Waals surface area contributed by atoms with Crippen LogP contribution in [0.25, 0.3) is 5.57 Å². The van der Waals surface area contributed by atoms with Crippen molar-refractivity contribution >= 4 is 23.5 Å². The first kappa shape index (κ1) is 21.4. The van der Waals surface area contributed by atoms with Gasteiger partial charge in [0.2, 0.25) is 11.8 Å². The van der Waals surface area contributed by atoms with E-state index in [0.29, 0.717) is 31.3 Å². The molecule has 1 aliphatic carbocycles. The van der Waals surface area contributed by atoms with Gasteiger partial charge in [0.1, 0.15) is 6.04 Å². The fourth-order valence-electron chi connectivity index (χ4n) is 5.59. The molecule has 1 spiro atoms. The quantitative estimate of drug-likeness (QED) is 0.505. The number of likely N-dealkylation sites (tertiary alicyclic amines) is 1. The fourth-order valence-corrected chi connectivity index (χ4v) is 5.59. The Morgan fingerprint density at radius 1 is 1.16 bits per heavy atom. The fraction of sp³-hybridized carbons (Fsp3) is 0.522. The van der Waals surface area contributed by atoms with Crippen molar-refractivity contribution in [3.63, 3.8) is 0 Å². The van der Waals surface area contributed by atoms with Crippen LogP contribution in [0.4, 0.5) is 4.79 Å². The van der Waals surface area contributed by atoms with E-state index in [2.05, 4.69) is 13.8 Å². The highest BCUT2D eigenvalue weighted by Gasteiger charge is 2.63. The zero-order valence-corrected chi connectivity index (χ0v) is 17.8. The molecule has 4 unspecified atom stereocenters. The standard InChI is InChI=1S/C23H29N3O5/c1-14(2)18-11-23(18)10-17(20(27)24-31)19(26(13-23)22(29)30)21(28)25-9-8-16(12-25)15-6-4-3-5-7-15/h3-8,14,17-19,31H,9-13H2,1-2H3,(H,24,27)(H,29,30). The Morgan fingerprint density at radius 2 is 1.87 bits per heavy atom. The highest BCUT2D eigenvalue weighted by molar-refractivity contribution is 5.94. The summed E-state index contributed by atoms with van der Waals surface area (Å²) < 4.78 is 0. The molecule has 31 heavy (non-hydrogen) atoms. The molecule has 0 aromatic heterocycles. The second-order valence-electron chi connectivity index (χ2n) is 9.37. The van der Waals surface area contributed by atoms with Gasteiger partial charge in [-0.2, -0.15) is 0 Å². The van der Waals surface area contributed by atoms with Crippen LogP contribution < -0.4 is 5.48 Å². The van der Waals surface area contributed by atoms with Gasteiger partial charge in [-0.05, 0) is 41.2 Å². The largest absolute Gasteiger partial charge is 0.465 e. The average molecular weight is 428 g/mol. The number of carboxylic acid groups (broad SMARTS) is 1. The number of nitrogens with one attached hydrogen (secondary N) is 1. The summed E-state index contributed by atoms with van der Waals surface area (Å²) in [5, 5.41) is 19.3. The van der Waals surface area contributed by atoms with Crippen molar-refractivity contribution in [2.45, 2.75) is 32.7 Å². The van der Waals surface area contributed by atoms with Crippen molar-refractivity contribution in [3.8, 4) is 0 Å². The Morgan fingerprint density at radius 3 is 2.45 bits per heavy atom. The summed E-state index contributed by atoms with van der Waals surface area (Å²) in [5.74, 6) is -1.36. The van der Waals surface area contributed by atoms with E-state index in [4.69, 9.17) is 0 Å². The minimum Gasteiger partial charge on any atom is -0.465 e. The predicted molar refractivity (Wildman–Crippen MR) is 113 cm³/mol. The minimum atomic E-state index is -1.21. The third kappa shape index (κ3) is 3.80. The van der Waals surface area contributed by atoms with Crippen LogP contribution in [0.3, 0.4) is 0 Å². The summed E-state index contributed by atoms with van der Waals surface area (Å²) in [6.07, 6.45) is 1.97. The number of rotatable bonds is 4. The molecule has 2 fully saturated rings. The van der Waals surface area contributed by atoms with Crippen LogP contribution in [0.15, 0.2) is 36.4 Å². The van der Waals surface area contributed by atoms with Gasteiger partial charge in [-0.25, -0.2) is 10.3 Å². The summed E-state index contributed by atoms with van der Waals surface area (Å²) >= 11 is 0. The number of benzene rings is 1. The third-order valence-electron chi connectivity index (χ3n) is 7.21. The number of hydrogen-bond donors (Lipinski definition) is 3. The van der Waals surface area contributed by atoms with Crippen molar-refractivity contribution in [1.82, 2.24) is 15.3 Å². The second kappa shape index (κ2) is 8.00. The molecule has 8 heteroatoms. The SMILES string of the molecule is CC(C)C1CC12CC(C(=O)NO)C(C(=O)N1CC=C(c3ccccc3)C1)N(C(=O)O)C2. The van der Waals surface area contributed by atoms with Gasteiger partial charge < -0.3 is 10.0 Å². The molecule has 3 amide bonds. The van der Waals surface area contributed by atoms with Crippen LogP contribution >= 0.6 is 0 Å². The first-order valence-electron chi connectivity index (χ1n) is 10.7. The maximum Gasteiger partial charge on any atom is 0.408 e. The number of piperidine rings is 1. The Labute approximate surface area is 181 Å². The van der Waals surface area contributed by atoms with Crippen LogP contribution in [0.1, 0.15) is 32.3 Å². The molecule has 0 radical (unpaired) electrons. The molecule has 166 valence electrons. The highest BCUT2D eigenvalue weighted by Crippen LogP contribution is 2.62. The molecule has 3 aliphatic rings. The molecule has 1 saturated carbocycles. The molecule has 0 bridgehead atoms. The van der Waals surface area contributed by atoms with Gasteiger partial charge in [-0.1, -0.05) is 50.3 Å². The van der Waals surface area contributed by atoms with Crippen molar-refractivity contribution in [2.24, 2.45) is 23.2 Å². The van der Waals surface area contributed by atoms with Gasteiger partial charge in [0.05, 0.1) is 5.92 Å². The van der Waals surface area contributed by atoms with Crippen molar-refractivity contribution in [2.75, 3.05) is 19.6 Å². The number of carbonyl (C=O) groups excluding carboxylic acids is 2. The maximum atomic E-state index is 13.5. The van der Waals surface area contributed by atoms with E-state index in [1.54, 1.807) is 10.4 Å². The van der Waals surface area contributed by atoms with Gasteiger partial charge in [0.15, 0.2) is 0 Å². The van der Waals surface area contributed by atoms with E-state index < -0.39 is 29.9 Å². The van der Waals surface area contributed by atoms with Crippen molar-refractivity contribution < 1.29 is 24.7 Å². The normalized spacial score (nSPS) is 29.8. The van der Waals surface area contributed by atoms with Crippen LogP contribution in [-0.2, 0) is 9.59 Å². The number of hydrogen-bond acceptors (Lipinski definition) is 4. The molecule has 8 nitrogen and oxygen atoms in total. The van der Waals surface area contributed by atoms with Crippen LogP contribution in [0, 0.1) is 23.2 Å². The number of carbonyl (C=O) groups is 3. The Kier molecular flexibility index (Phi) is 5.51. The van der Waals surface area contributed by atoms with Gasteiger partial charge in [-0.3, -0.25) is 19.7 Å². The summed E-state index contributed by atoms with van der Waals surface area (Å²) in [6, 6.07) is 8.56. The Hall–Kier alpha value is -2.87. The van der Waals surface area contributed by atoms with E-state index in [9.17, 15) is 24.7 Å². The lowest BCUT2D eigenvalue weighted by atomic mass is 9.77. The first-order valence-corrected chi connectivity index (χ1v) is 10.7. The summed E-state index contributed by atoms with van der Waals surface area (Å²) in [4.78, 5) is 41.0. The smallest absolute Gasteiger partial charge is 0.408 e. The zero-order chi connectivity index (χ0) is 22.3. The molecule has 1 aromatic rings.